The molecule has 160 valence electrons. The van der Waals surface area contributed by atoms with Gasteiger partial charge in [-0.05, 0) is 41.7 Å². The number of aliphatic hydroxyl groups excluding tert-OH is 1. The Morgan fingerprint density at radius 1 is 1.17 bits per heavy atom. The number of hydrogen-bond acceptors (Lipinski definition) is 6. The minimum absolute atomic E-state index is 0.126. The molecule has 0 aliphatic carbocycles. The number of carbonyl (C=O) groups excluding carboxylic acids is 1. The molecular weight excluding hydrogens is 408 g/mol. The standard InChI is InChI=1S/C21H25ClN4O4/c22-17-3-1-2-15(9-17)14-6-4-13(5-7-14)8-18(10-16(12-27)21(29)30)24-20(28)19-11-23-26-25-19/h1-7,9,16,18-19,23,25-27H,8,10-12H2,(H,24,28)(H,29,30). The van der Waals surface area contributed by atoms with E-state index in [1.807, 2.05) is 48.5 Å². The van der Waals surface area contributed by atoms with E-state index in [0.717, 1.165) is 16.7 Å². The van der Waals surface area contributed by atoms with Gasteiger partial charge in [-0.25, -0.2) is 10.9 Å². The van der Waals surface area contributed by atoms with Crippen LogP contribution in [0.5, 0.6) is 0 Å². The molecule has 0 aromatic heterocycles. The van der Waals surface area contributed by atoms with Gasteiger partial charge in [0.05, 0.1) is 12.5 Å². The van der Waals surface area contributed by atoms with E-state index >= 15 is 0 Å². The number of carbonyl (C=O) groups is 2. The summed E-state index contributed by atoms with van der Waals surface area (Å²) in [5.41, 5.74) is 11.2. The molecule has 30 heavy (non-hydrogen) atoms. The zero-order valence-corrected chi connectivity index (χ0v) is 17.0. The van der Waals surface area contributed by atoms with Crippen LogP contribution in [-0.2, 0) is 16.0 Å². The van der Waals surface area contributed by atoms with Gasteiger partial charge in [-0.15, -0.1) is 0 Å². The smallest absolute Gasteiger partial charge is 0.308 e. The third-order valence-corrected chi connectivity index (χ3v) is 5.27. The van der Waals surface area contributed by atoms with Crippen molar-refractivity contribution in [3.05, 3.63) is 59.1 Å². The highest BCUT2D eigenvalue weighted by Gasteiger charge is 2.27. The van der Waals surface area contributed by atoms with Gasteiger partial charge >= 0.3 is 5.97 Å². The van der Waals surface area contributed by atoms with E-state index in [1.54, 1.807) is 0 Å². The summed E-state index contributed by atoms with van der Waals surface area (Å²) in [5, 5.41) is 22.3. The Morgan fingerprint density at radius 2 is 1.93 bits per heavy atom. The summed E-state index contributed by atoms with van der Waals surface area (Å²) in [6.07, 6.45) is 0.570. The molecule has 1 aliphatic rings. The monoisotopic (exact) mass is 432 g/mol. The number of aliphatic carboxylic acids is 1. The molecular formula is C21H25ClN4O4. The van der Waals surface area contributed by atoms with Gasteiger partial charge in [-0.1, -0.05) is 48.0 Å². The summed E-state index contributed by atoms with van der Waals surface area (Å²) < 4.78 is 0. The Balaban J connectivity index is 1.72. The van der Waals surface area contributed by atoms with Crippen molar-refractivity contribution in [2.45, 2.75) is 24.9 Å². The summed E-state index contributed by atoms with van der Waals surface area (Å²) in [5.74, 6) is -2.28. The third kappa shape index (κ3) is 6.01. The Hall–Kier alpha value is -2.49. The fourth-order valence-corrected chi connectivity index (χ4v) is 3.57. The average molecular weight is 433 g/mol. The number of amides is 1. The largest absolute Gasteiger partial charge is 0.481 e. The molecule has 1 fully saturated rings. The van der Waals surface area contributed by atoms with Crippen molar-refractivity contribution in [3.63, 3.8) is 0 Å². The number of nitrogens with one attached hydrogen (secondary N) is 4. The Bertz CT molecular complexity index is 872. The molecule has 2 aromatic rings. The van der Waals surface area contributed by atoms with Crippen LogP contribution in [0.3, 0.4) is 0 Å². The molecule has 6 N–H and O–H groups in total. The van der Waals surface area contributed by atoms with E-state index in [4.69, 9.17) is 11.6 Å². The van der Waals surface area contributed by atoms with Crippen molar-refractivity contribution in [2.75, 3.05) is 13.2 Å². The van der Waals surface area contributed by atoms with Crippen molar-refractivity contribution in [2.24, 2.45) is 5.92 Å². The highest BCUT2D eigenvalue weighted by molar-refractivity contribution is 6.30. The first-order chi connectivity index (χ1) is 14.5. The van der Waals surface area contributed by atoms with Crippen molar-refractivity contribution in [3.8, 4) is 11.1 Å². The number of benzene rings is 2. The van der Waals surface area contributed by atoms with Crippen LogP contribution >= 0.6 is 11.6 Å². The highest BCUT2D eigenvalue weighted by atomic mass is 35.5. The number of halogens is 1. The van der Waals surface area contributed by atoms with Gasteiger partial charge in [-0.2, -0.15) is 5.53 Å². The van der Waals surface area contributed by atoms with Crippen LogP contribution < -0.4 is 21.7 Å². The lowest BCUT2D eigenvalue weighted by Gasteiger charge is -2.23. The van der Waals surface area contributed by atoms with Crippen molar-refractivity contribution in [1.82, 2.24) is 21.7 Å². The van der Waals surface area contributed by atoms with Gasteiger partial charge in [0.15, 0.2) is 0 Å². The summed E-state index contributed by atoms with van der Waals surface area (Å²) in [6, 6.07) is 14.5. The zero-order chi connectivity index (χ0) is 21.5. The zero-order valence-electron chi connectivity index (χ0n) is 16.3. The predicted octanol–water partition coefficient (Wildman–Crippen LogP) is 1.10. The van der Waals surface area contributed by atoms with E-state index in [9.17, 15) is 19.8 Å². The van der Waals surface area contributed by atoms with E-state index in [-0.39, 0.29) is 12.3 Å². The van der Waals surface area contributed by atoms with E-state index in [1.165, 1.54) is 0 Å². The van der Waals surface area contributed by atoms with Gasteiger partial charge in [0.25, 0.3) is 0 Å². The topological polar surface area (TPSA) is 123 Å². The lowest BCUT2D eigenvalue weighted by molar-refractivity contribution is -0.143. The molecule has 0 spiro atoms. The second-order valence-corrected chi connectivity index (χ2v) is 7.71. The normalized spacial score (nSPS) is 18.0. The van der Waals surface area contributed by atoms with Gasteiger partial charge in [0, 0.05) is 17.6 Å². The van der Waals surface area contributed by atoms with Crippen LogP contribution in [0.4, 0.5) is 0 Å². The minimum atomic E-state index is -1.09. The second-order valence-electron chi connectivity index (χ2n) is 7.27. The molecule has 1 heterocycles. The van der Waals surface area contributed by atoms with Gasteiger partial charge in [0.2, 0.25) is 5.91 Å². The number of carboxylic acids is 1. The van der Waals surface area contributed by atoms with E-state index in [2.05, 4.69) is 21.7 Å². The van der Waals surface area contributed by atoms with Crippen LogP contribution in [-0.4, -0.2) is 47.3 Å². The Labute approximate surface area is 179 Å². The first kappa shape index (κ1) is 22.2. The number of carboxylic acid groups (broad SMARTS) is 1. The van der Waals surface area contributed by atoms with Gasteiger partial charge < -0.3 is 15.5 Å². The molecule has 1 amide bonds. The van der Waals surface area contributed by atoms with Crippen molar-refractivity contribution < 1.29 is 19.8 Å². The maximum absolute atomic E-state index is 12.5. The third-order valence-electron chi connectivity index (χ3n) is 5.04. The molecule has 2 aromatic carbocycles. The molecule has 0 saturated carbocycles. The van der Waals surface area contributed by atoms with E-state index in [0.29, 0.717) is 18.0 Å². The fourth-order valence-electron chi connectivity index (χ4n) is 3.38. The van der Waals surface area contributed by atoms with Crippen LogP contribution in [0.1, 0.15) is 12.0 Å². The van der Waals surface area contributed by atoms with Gasteiger partial charge in [-0.3, -0.25) is 9.59 Å². The average Bonchev–Trinajstić information content (AvgIpc) is 3.27. The SMILES string of the molecule is O=C(O)C(CO)CC(Cc1ccc(-c2cccc(Cl)c2)cc1)NC(=O)C1CNNN1. The first-order valence-electron chi connectivity index (χ1n) is 9.68. The Morgan fingerprint density at radius 3 is 2.53 bits per heavy atom. The van der Waals surface area contributed by atoms with Crippen molar-refractivity contribution in [1.29, 1.82) is 0 Å². The maximum Gasteiger partial charge on any atom is 0.308 e. The number of hydrazine groups is 2. The molecule has 8 nitrogen and oxygen atoms in total. The summed E-state index contributed by atoms with van der Waals surface area (Å²) in [7, 11) is 0. The molecule has 9 heteroatoms. The summed E-state index contributed by atoms with van der Waals surface area (Å²) in [6.45, 7) is -0.0740. The summed E-state index contributed by atoms with van der Waals surface area (Å²) in [4.78, 5) is 23.9. The molecule has 3 unspecified atom stereocenters. The second kappa shape index (κ2) is 10.5. The lowest BCUT2D eigenvalue weighted by Crippen LogP contribution is -2.49. The van der Waals surface area contributed by atoms with Crippen LogP contribution in [0.2, 0.25) is 5.02 Å². The molecule has 3 atom stereocenters. The van der Waals surface area contributed by atoms with Crippen LogP contribution in [0, 0.1) is 5.92 Å². The van der Waals surface area contributed by atoms with Crippen molar-refractivity contribution >= 4 is 23.5 Å². The first-order valence-corrected chi connectivity index (χ1v) is 10.1. The number of hydrogen-bond donors (Lipinski definition) is 6. The lowest BCUT2D eigenvalue weighted by atomic mass is 9.94. The summed E-state index contributed by atoms with van der Waals surface area (Å²) >= 11 is 6.06. The maximum atomic E-state index is 12.5. The van der Waals surface area contributed by atoms with E-state index < -0.39 is 30.6 Å². The molecule has 3 rings (SSSR count). The molecule has 0 radical (unpaired) electrons. The number of aliphatic hydroxyl groups is 1. The molecule has 1 aliphatic heterocycles. The predicted molar refractivity (Wildman–Crippen MR) is 113 cm³/mol. The Kier molecular flexibility index (Phi) is 7.78. The fraction of sp³-hybridized carbons (Fsp3) is 0.333. The quantitative estimate of drug-likeness (QED) is 0.350. The highest BCUT2D eigenvalue weighted by Crippen LogP contribution is 2.23. The number of rotatable bonds is 9. The minimum Gasteiger partial charge on any atom is -0.481 e. The molecule has 1 saturated heterocycles. The molecule has 0 bridgehead atoms. The van der Waals surface area contributed by atoms with Crippen LogP contribution in [0.15, 0.2) is 48.5 Å². The van der Waals surface area contributed by atoms with Crippen LogP contribution in [0.25, 0.3) is 11.1 Å². The van der Waals surface area contributed by atoms with Gasteiger partial charge in [0.1, 0.15) is 6.04 Å².